The predicted octanol–water partition coefficient (Wildman–Crippen LogP) is 8.99. The van der Waals surface area contributed by atoms with Crippen molar-refractivity contribution in [2.75, 3.05) is 19.0 Å². The molecule has 1 aliphatic carbocycles. The molecule has 5 rings (SSSR count). The Kier molecular flexibility index (Phi) is 9.89. The van der Waals surface area contributed by atoms with Crippen LogP contribution in [0, 0.1) is 11.7 Å². The van der Waals surface area contributed by atoms with Gasteiger partial charge in [0.05, 0.1) is 13.7 Å². The summed E-state index contributed by atoms with van der Waals surface area (Å²) in [4.78, 5) is 0. The van der Waals surface area contributed by atoms with Crippen LogP contribution in [0.1, 0.15) is 75.2 Å². The first-order valence-corrected chi connectivity index (χ1v) is 15.5. The molecule has 2 unspecified atom stereocenters. The van der Waals surface area contributed by atoms with Crippen LogP contribution in [-0.4, -0.2) is 25.4 Å². The van der Waals surface area contributed by atoms with Crippen LogP contribution in [0.4, 0.5) is 10.1 Å². The van der Waals surface area contributed by atoms with Crippen molar-refractivity contribution in [2.24, 2.45) is 5.92 Å². The molecule has 2 aliphatic rings. The van der Waals surface area contributed by atoms with E-state index in [4.69, 9.17) is 18.9 Å². The maximum Gasteiger partial charge on any atom is 0.132 e. The van der Waals surface area contributed by atoms with E-state index in [1.165, 1.54) is 38.2 Å². The number of hydrogen-bond acceptors (Lipinski definition) is 5. The Morgan fingerprint density at radius 2 is 1.76 bits per heavy atom. The third-order valence-corrected chi connectivity index (χ3v) is 8.78. The van der Waals surface area contributed by atoms with E-state index < -0.39 is 11.7 Å². The van der Waals surface area contributed by atoms with Crippen molar-refractivity contribution < 1.29 is 23.3 Å². The van der Waals surface area contributed by atoms with Crippen LogP contribution < -0.4 is 14.8 Å². The monoisotopic (exact) mass is 625 g/mol. The SMILES string of the molecule is COc1ccc(CNc2ccc3c(c2)C(OCCC2CCCCC2)C(OCc2ccc(Br)cc2F)C(C)(C)O3)cc1. The van der Waals surface area contributed by atoms with Crippen molar-refractivity contribution in [3.05, 3.63) is 87.6 Å². The first kappa shape index (κ1) is 29.9. The fraction of sp³-hybridized carbons (Fsp3) is 0.471. The third-order valence-electron chi connectivity index (χ3n) is 8.29. The van der Waals surface area contributed by atoms with Gasteiger partial charge in [-0.05, 0) is 74.2 Å². The Hall–Kier alpha value is -2.61. The number of hydrogen-bond donors (Lipinski definition) is 1. The highest BCUT2D eigenvalue weighted by Gasteiger charge is 2.46. The normalized spacial score (nSPS) is 20.2. The summed E-state index contributed by atoms with van der Waals surface area (Å²) < 4.78 is 40.3. The molecular weight excluding hydrogens is 585 g/mol. The fourth-order valence-electron chi connectivity index (χ4n) is 5.91. The minimum atomic E-state index is -0.674. The molecule has 0 amide bonds. The van der Waals surface area contributed by atoms with E-state index >= 15 is 0 Å². The van der Waals surface area contributed by atoms with Gasteiger partial charge < -0.3 is 24.3 Å². The van der Waals surface area contributed by atoms with E-state index in [1.807, 2.05) is 44.2 Å². The highest BCUT2D eigenvalue weighted by atomic mass is 79.9. The lowest BCUT2D eigenvalue weighted by Gasteiger charge is -2.44. The molecule has 0 aromatic heterocycles. The van der Waals surface area contributed by atoms with Gasteiger partial charge in [0.1, 0.15) is 35.1 Å². The molecule has 0 bridgehead atoms. The van der Waals surface area contributed by atoms with Crippen molar-refractivity contribution in [1.29, 1.82) is 0 Å². The summed E-state index contributed by atoms with van der Waals surface area (Å²) >= 11 is 3.34. The van der Waals surface area contributed by atoms with Gasteiger partial charge in [0, 0.05) is 34.4 Å². The molecule has 2 atom stereocenters. The van der Waals surface area contributed by atoms with Crippen LogP contribution in [0.3, 0.4) is 0 Å². The van der Waals surface area contributed by atoms with Crippen LogP contribution in [0.2, 0.25) is 0 Å². The standard InChI is InChI=1S/C34H41BrFNO4/c1-34(2)33(40-22-25-11-12-26(35)19-30(25)36)32(39-18-17-23-7-5-4-6-8-23)29-20-27(13-16-31(29)41-34)37-21-24-9-14-28(38-3)15-10-24/h9-16,19-20,23,32-33,37H,4-8,17-18,21-22H2,1-3H3. The molecule has 0 spiro atoms. The van der Waals surface area contributed by atoms with Crippen molar-refractivity contribution in [1.82, 2.24) is 0 Å². The zero-order chi connectivity index (χ0) is 28.8. The first-order valence-electron chi connectivity index (χ1n) is 14.7. The molecule has 1 saturated carbocycles. The molecule has 7 heteroatoms. The van der Waals surface area contributed by atoms with E-state index in [0.29, 0.717) is 29.1 Å². The summed E-state index contributed by atoms with van der Waals surface area (Å²) in [6.07, 6.45) is 6.78. The lowest BCUT2D eigenvalue weighted by molar-refractivity contribution is -0.168. The van der Waals surface area contributed by atoms with Crippen molar-refractivity contribution in [2.45, 2.75) is 83.3 Å². The zero-order valence-electron chi connectivity index (χ0n) is 24.3. The molecular formula is C34H41BrFNO4. The first-order chi connectivity index (χ1) is 19.8. The molecule has 1 heterocycles. The van der Waals surface area contributed by atoms with Gasteiger partial charge >= 0.3 is 0 Å². The quantitative estimate of drug-likeness (QED) is 0.230. The van der Waals surface area contributed by atoms with E-state index in [0.717, 1.165) is 34.7 Å². The number of rotatable bonds is 11. The van der Waals surface area contributed by atoms with E-state index in [9.17, 15) is 4.39 Å². The van der Waals surface area contributed by atoms with Gasteiger partial charge in [-0.25, -0.2) is 4.39 Å². The van der Waals surface area contributed by atoms with Crippen LogP contribution >= 0.6 is 15.9 Å². The van der Waals surface area contributed by atoms with Gasteiger partial charge in [0.15, 0.2) is 0 Å². The lowest BCUT2D eigenvalue weighted by Crippen LogP contribution is -2.51. The van der Waals surface area contributed by atoms with E-state index in [-0.39, 0.29) is 18.5 Å². The maximum absolute atomic E-state index is 14.7. The fourth-order valence-corrected chi connectivity index (χ4v) is 6.24. The number of ether oxygens (including phenoxy) is 4. The number of anilines is 1. The molecule has 0 saturated heterocycles. The van der Waals surface area contributed by atoms with E-state index in [2.05, 4.69) is 39.4 Å². The molecule has 41 heavy (non-hydrogen) atoms. The molecule has 1 aliphatic heterocycles. The van der Waals surface area contributed by atoms with Crippen LogP contribution in [0.25, 0.3) is 0 Å². The van der Waals surface area contributed by atoms with Gasteiger partial charge in [-0.1, -0.05) is 66.2 Å². The Balaban J connectivity index is 1.36. The van der Waals surface area contributed by atoms with Crippen molar-refractivity contribution in [3.8, 4) is 11.5 Å². The van der Waals surface area contributed by atoms with Gasteiger partial charge in [-0.3, -0.25) is 0 Å². The molecule has 3 aromatic carbocycles. The highest BCUT2D eigenvalue weighted by molar-refractivity contribution is 9.10. The second kappa shape index (κ2) is 13.6. The minimum absolute atomic E-state index is 0.129. The number of methoxy groups -OCH3 is 1. The number of nitrogens with one attached hydrogen (secondary N) is 1. The largest absolute Gasteiger partial charge is 0.497 e. The van der Waals surface area contributed by atoms with Gasteiger partial charge in [-0.15, -0.1) is 0 Å². The minimum Gasteiger partial charge on any atom is -0.497 e. The van der Waals surface area contributed by atoms with Crippen LogP contribution in [-0.2, 0) is 22.6 Å². The lowest BCUT2D eigenvalue weighted by atomic mass is 9.86. The molecule has 220 valence electrons. The molecule has 0 radical (unpaired) electrons. The summed E-state index contributed by atoms with van der Waals surface area (Å²) in [5.74, 6) is 2.05. The zero-order valence-corrected chi connectivity index (χ0v) is 25.8. The second-order valence-electron chi connectivity index (χ2n) is 11.7. The average molecular weight is 627 g/mol. The summed E-state index contributed by atoms with van der Waals surface area (Å²) in [6.45, 7) is 5.49. The summed E-state index contributed by atoms with van der Waals surface area (Å²) in [7, 11) is 1.67. The summed E-state index contributed by atoms with van der Waals surface area (Å²) in [5, 5.41) is 3.54. The third kappa shape index (κ3) is 7.62. The average Bonchev–Trinajstić information content (AvgIpc) is 2.97. The molecule has 1 N–H and O–H groups in total. The Morgan fingerprint density at radius 1 is 0.976 bits per heavy atom. The molecule has 3 aromatic rings. The smallest absolute Gasteiger partial charge is 0.132 e. The van der Waals surface area contributed by atoms with Crippen molar-refractivity contribution >= 4 is 21.6 Å². The number of halogens is 2. The van der Waals surface area contributed by atoms with Gasteiger partial charge in [-0.2, -0.15) is 0 Å². The van der Waals surface area contributed by atoms with Crippen molar-refractivity contribution in [3.63, 3.8) is 0 Å². The highest BCUT2D eigenvalue weighted by Crippen LogP contribution is 2.45. The van der Waals surface area contributed by atoms with Crippen LogP contribution in [0.5, 0.6) is 11.5 Å². The maximum atomic E-state index is 14.7. The van der Waals surface area contributed by atoms with Crippen LogP contribution in [0.15, 0.2) is 65.1 Å². The predicted molar refractivity (Wildman–Crippen MR) is 164 cm³/mol. The Labute approximate surface area is 251 Å². The summed E-state index contributed by atoms with van der Waals surface area (Å²) in [6, 6.07) is 19.2. The van der Waals surface area contributed by atoms with Gasteiger partial charge in [0.2, 0.25) is 0 Å². The molecule has 5 nitrogen and oxygen atoms in total. The van der Waals surface area contributed by atoms with Gasteiger partial charge in [0.25, 0.3) is 0 Å². The second-order valence-corrected chi connectivity index (χ2v) is 12.6. The van der Waals surface area contributed by atoms with E-state index in [1.54, 1.807) is 13.2 Å². The topological polar surface area (TPSA) is 49.0 Å². The summed E-state index contributed by atoms with van der Waals surface area (Å²) in [5.41, 5.74) is 2.91. The number of fused-ring (bicyclic) bond motifs is 1. The number of benzene rings is 3. The molecule has 1 fully saturated rings. The Bertz CT molecular complexity index is 1290. The Morgan fingerprint density at radius 3 is 2.49 bits per heavy atom.